The number of carbonyl (C=O) groups is 2. The molecule has 1 unspecified atom stereocenters. The number of nitrogens with zero attached hydrogens (tertiary/aromatic N) is 4. The molecular weight excluding hydrogens is 808 g/mol. The average Bonchev–Trinajstić information content (AvgIpc) is 3.17. The number of ether oxygens (including phenoxy) is 2. The number of rotatable bonds is 16. The zero-order valence-corrected chi connectivity index (χ0v) is 34.3. The molecule has 0 spiro atoms. The van der Waals surface area contributed by atoms with E-state index in [1.165, 1.54) is 49.4 Å². The molecule has 0 aromatic heterocycles. The lowest BCUT2D eigenvalue weighted by molar-refractivity contribution is -0.146. The van der Waals surface area contributed by atoms with E-state index in [0.29, 0.717) is 5.69 Å². The largest absolute Gasteiger partial charge is 0.505 e. The predicted molar refractivity (Wildman–Crippen MR) is 222 cm³/mol. The molecule has 5 rings (SSSR count). The number of carbonyl (C=O) groups excluding carboxylic acids is 1. The predicted octanol–water partition coefficient (Wildman–Crippen LogP) is 9.01. The van der Waals surface area contributed by atoms with Crippen molar-refractivity contribution in [3.63, 3.8) is 0 Å². The summed E-state index contributed by atoms with van der Waals surface area (Å²) in [5, 5.41) is 41.2. The highest BCUT2D eigenvalue weighted by atomic mass is 32.2. The third-order valence-corrected chi connectivity index (χ3v) is 11.7. The van der Waals surface area contributed by atoms with Crippen LogP contribution in [0.4, 0.5) is 28.4 Å². The van der Waals surface area contributed by atoms with Crippen molar-refractivity contribution in [1.82, 2.24) is 0 Å². The number of fused-ring (bicyclic) bond motifs is 1. The molecule has 0 fully saturated rings. The molecule has 3 atom stereocenters. The standard InChI is InChI=1S/C39H41N5O11P2S/c1-5-54-32-21-31(33(55-6-2)20-30(32)42-41-27-13-10-14-28(18-27)57(49,50)56)43-44-36-34(58(51,52)53)17-25-15-16-26(19-29(25)37(36)45)40-38(46)35(23(4)39(47)48)22(3)24-11-8-7-9-12-24/h7-23,35,45,49-50,56H,5-6H2,1-4H3,(H,40,46)(H,47,48)(H,51,52,53)/b42-41+,44-43+/t22-,23+,35?/m1/s1. The van der Waals surface area contributed by atoms with Crippen molar-refractivity contribution in [3.05, 3.63) is 96.6 Å². The molecule has 58 heavy (non-hydrogen) atoms. The number of azo groups is 2. The van der Waals surface area contributed by atoms with Crippen LogP contribution in [0.5, 0.6) is 17.2 Å². The van der Waals surface area contributed by atoms with Gasteiger partial charge in [0.25, 0.3) is 10.1 Å². The minimum absolute atomic E-state index is 0.0216. The zero-order chi connectivity index (χ0) is 42.4. The van der Waals surface area contributed by atoms with Gasteiger partial charge in [0.2, 0.25) is 5.91 Å². The Morgan fingerprint density at radius 1 is 0.828 bits per heavy atom. The quantitative estimate of drug-likeness (QED) is 0.0310. The zero-order valence-electron chi connectivity index (χ0n) is 31.6. The van der Waals surface area contributed by atoms with Gasteiger partial charge < -0.3 is 34.8 Å². The fourth-order valence-corrected chi connectivity index (χ4v) is 7.83. The Morgan fingerprint density at radius 3 is 2.02 bits per heavy atom. The molecule has 0 heterocycles. The molecule has 1 amide bonds. The van der Waals surface area contributed by atoms with Crippen LogP contribution in [0, 0.1) is 11.8 Å². The highest BCUT2D eigenvalue weighted by Gasteiger charge is 2.35. The number of carboxylic acid groups (broad SMARTS) is 1. The van der Waals surface area contributed by atoms with Gasteiger partial charge in [-0.1, -0.05) is 64.8 Å². The van der Waals surface area contributed by atoms with Crippen molar-refractivity contribution in [1.29, 1.82) is 0 Å². The first-order valence-corrected chi connectivity index (χ1v) is 22.2. The molecule has 5 aromatic rings. The average molecular weight is 850 g/mol. The lowest BCUT2D eigenvalue weighted by atomic mass is 9.79. The first-order chi connectivity index (χ1) is 27.4. The Balaban J connectivity index is 1.55. The van der Waals surface area contributed by atoms with Crippen LogP contribution in [0.25, 0.3) is 10.8 Å². The summed E-state index contributed by atoms with van der Waals surface area (Å²) in [7, 11) is -5.55. The summed E-state index contributed by atoms with van der Waals surface area (Å²) >= 11 is 0. The van der Waals surface area contributed by atoms with Crippen LogP contribution in [0.3, 0.4) is 0 Å². The number of nitrogens with one attached hydrogen (secondary N) is 1. The molecule has 0 saturated heterocycles. The van der Waals surface area contributed by atoms with Crippen LogP contribution in [-0.2, 0) is 19.7 Å². The van der Waals surface area contributed by atoms with Gasteiger partial charge >= 0.3 is 5.97 Å². The van der Waals surface area contributed by atoms with Crippen molar-refractivity contribution in [2.75, 3.05) is 18.5 Å². The van der Waals surface area contributed by atoms with Crippen LogP contribution in [0.15, 0.2) is 116 Å². The second-order valence-electron chi connectivity index (χ2n) is 13.0. The summed E-state index contributed by atoms with van der Waals surface area (Å²) in [5.74, 6) is -4.74. The molecule has 0 radical (unpaired) electrons. The number of benzene rings is 5. The third kappa shape index (κ3) is 10.3. The number of phenolic OH excluding ortho intramolecular Hbond substituents is 1. The molecule has 0 bridgehead atoms. The monoisotopic (exact) mass is 849 g/mol. The molecule has 0 aliphatic heterocycles. The molecule has 0 saturated carbocycles. The van der Waals surface area contributed by atoms with Crippen molar-refractivity contribution in [2.24, 2.45) is 32.3 Å². The van der Waals surface area contributed by atoms with Crippen molar-refractivity contribution < 1.29 is 52.0 Å². The van der Waals surface area contributed by atoms with Crippen LogP contribution in [0.2, 0.25) is 0 Å². The maximum atomic E-state index is 13.7. The van der Waals surface area contributed by atoms with Crippen LogP contribution >= 0.6 is 15.5 Å². The molecule has 304 valence electrons. The maximum Gasteiger partial charge on any atom is 0.307 e. The first-order valence-electron chi connectivity index (χ1n) is 17.8. The summed E-state index contributed by atoms with van der Waals surface area (Å²) < 4.78 is 47.0. The number of aliphatic carboxylic acids is 1. The third-order valence-electron chi connectivity index (χ3n) is 9.05. The van der Waals surface area contributed by atoms with Crippen molar-refractivity contribution in [2.45, 2.75) is 38.5 Å². The Kier molecular flexibility index (Phi) is 13.8. The number of carboxylic acids is 1. The van der Waals surface area contributed by atoms with E-state index in [0.717, 1.165) is 11.6 Å². The SMILES string of the molecule is CCOc1cc(/N=N/c2c(S(=O)(=O)O)cc3ccc(NC(=O)C([C@H](C)C(=O)O)[C@H](C)c4ccccc4)cc3c2O)c(OCC)cc1/N=N/c1cccc(P(O)(O)=P)c1. The summed E-state index contributed by atoms with van der Waals surface area (Å²) in [6.45, 7) is 6.98. The van der Waals surface area contributed by atoms with Gasteiger partial charge in [0.1, 0.15) is 33.5 Å². The molecule has 5 aromatic carbocycles. The molecule has 16 nitrogen and oxygen atoms in total. The lowest BCUT2D eigenvalue weighted by Gasteiger charge is -2.27. The number of amides is 1. The van der Waals surface area contributed by atoms with Gasteiger partial charge in [0.15, 0.2) is 12.8 Å². The van der Waals surface area contributed by atoms with Gasteiger partial charge in [-0.05, 0) is 67.1 Å². The van der Waals surface area contributed by atoms with E-state index < -0.39 is 63.1 Å². The number of aromatic hydroxyl groups is 1. The number of hydrogen-bond acceptors (Lipinski definition) is 11. The highest BCUT2D eigenvalue weighted by molar-refractivity contribution is 7.96. The van der Waals surface area contributed by atoms with Gasteiger partial charge in [-0.2, -0.15) is 13.5 Å². The first kappa shape index (κ1) is 43.6. The van der Waals surface area contributed by atoms with Gasteiger partial charge in [-0.25, -0.2) is 0 Å². The van der Waals surface area contributed by atoms with E-state index in [2.05, 4.69) is 34.3 Å². The Hall–Kier alpha value is -5.54. The number of hydrogen-bond donors (Lipinski definition) is 6. The second kappa shape index (κ2) is 18.4. The molecule has 19 heteroatoms. The molecule has 0 aliphatic carbocycles. The number of anilines is 1. The van der Waals surface area contributed by atoms with Crippen LogP contribution < -0.4 is 20.1 Å². The Labute approximate surface area is 336 Å². The van der Waals surface area contributed by atoms with E-state index in [1.54, 1.807) is 57.2 Å². The van der Waals surface area contributed by atoms with E-state index >= 15 is 0 Å². The Morgan fingerprint density at radius 2 is 1.45 bits per heavy atom. The fraction of sp³-hybridized carbons (Fsp3) is 0.231. The Bertz CT molecular complexity index is 2570. The van der Waals surface area contributed by atoms with Crippen LogP contribution in [0.1, 0.15) is 39.2 Å². The van der Waals surface area contributed by atoms with Gasteiger partial charge in [0, 0.05) is 28.5 Å². The second-order valence-corrected chi connectivity index (χ2v) is 18.0. The lowest BCUT2D eigenvalue weighted by Crippen LogP contribution is -2.35. The van der Waals surface area contributed by atoms with E-state index in [4.69, 9.17) is 9.47 Å². The summed E-state index contributed by atoms with van der Waals surface area (Å²) in [5.41, 5.74) is 0.817. The van der Waals surface area contributed by atoms with Gasteiger partial charge in [0.05, 0.1) is 30.7 Å². The number of phenols is 1. The summed E-state index contributed by atoms with van der Waals surface area (Å²) in [6, 6.07) is 23.3. The van der Waals surface area contributed by atoms with Gasteiger partial charge in [-0.15, -0.1) is 15.3 Å². The minimum Gasteiger partial charge on any atom is -0.505 e. The maximum absolute atomic E-state index is 13.7. The van der Waals surface area contributed by atoms with Crippen molar-refractivity contribution in [3.8, 4) is 17.2 Å². The van der Waals surface area contributed by atoms with E-state index in [-0.39, 0.29) is 57.9 Å². The highest BCUT2D eigenvalue weighted by Crippen LogP contribution is 2.46. The van der Waals surface area contributed by atoms with E-state index in [9.17, 15) is 42.6 Å². The van der Waals surface area contributed by atoms with Gasteiger partial charge in [-0.3, -0.25) is 14.1 Å². The summed E-state index contributed by atoms with van der Waals surface area (Å²) in [6.07, 6.45) is 0. The fourth-order valence-electron chi connectivity index (χ4n) is 6.14. The summed E-state index contributed by atoms with van der Waals surface area (Å²) in [4.78, 5) is 45.0. The van der Waals surface area contributed by atoms with E-state index in [1.807, 2.05) is 6.07 Å². The normalized spacial score (nSPS) is 13.7. The van der Waals surface area contributed by atoms with Crippen LogP contribution in [-0.4, -0.2) is 58.1 Å². The molecule has 6 N–H and O–H groups in total. The topological polar surface area (TPSA) is 249 Å². The smallest absolute Gasteiger partial charge is 0.307 e. The molecule has 0 aliphatic rings. The van der Waals surface area contributed by atoms with Crippen molar-refractivity contribution >= 4 is 82.0 Å². The molecular formula is C39H41N5O11P2S. The minimum atomic E-state index is -4.99.